The van der Waals surface area contributed by atoms with Gasteiger partial charge >= 0.3 is 6.09 Å². The fraction of sp³-hybridized carbons (Fsp3) is 0.455. The molecule has 31 heavy (non-hydrogen) atoms. The summed E-state index contributed by atoms with van der Waals surface area (Å²) in [5, 5.41) is 30.0. The number of ether oxygens (including phenoxy) is 1. The molecular formula is C22H31N5O4. The van der Waals surface area contributed by atoms with Gasteiger partial charge in [0.1, 0.15) is 17.1 Å². The Morgan fingerprint density at radius 1 is 1.00 bits per heavy atom. The molecule has 0 unspecified atom stereocenters. The van der Waals surface area contributed by atoms with E-state index in [0.29, 0.717) is 6.61 Å². The second-order valence-electron chi connectivity index (χ2n) is 7.18. The summed E-state index contributed by atoms with van der Waals surface area (Å²) in [6, 6.07) is 7.62. The fourth-order valence-corrected chi connectivity index (χ4v) is 2.87. The van der Waals surface area contributed by atoms with Gasteiger partial charge in [0.2, 0.25) is 0 Å². The van der Waals surface area contributed by atoms with Crippen molar-refractivity contribution < 1.29 is 19.7 Å². The first kappa shape index (κ1) is 23.9. The molecule has 2 rings (SSSR count). The van der Waals surface area contributed by atoms with Gasteiger partial charge in [-0.25, -0.2) is 9.78 Å². The quantitative estimate of drug-likeness (QED) is 0.234. The number of nitrogens with two attached hydrogens (primary N) is 1. The van der Waals surface area contributed by atoms with Crippen LogP contribution < -0.4 is 11.1 Å². The zero-order valence-corrected chi connectivity index (χ0v) is 17.9. The predicted molar refractivity (Wildman–Crippen MR) is 120 cm³/mol. The molecule has 0 aliphatic rings. The Bertz CT molecular complexity index is 873. The van der Waals surface area contributed by atoms with Crippen molar-refractivity contribution in [3.8, 4) is 11.5 Å². The number of phenolic OH excluding ortho intramolecular Hbond substituents is 1. The van der Waals surface area contributed by atoms with E-state index in [4.69, 9.17) is 10.5 Å². The third-order valence-corrected chi connectivity index (χ3v) is 4.61. The summed E-state index contributed by atoms with van der Waals surface area (Å²) in [6.45, 7) is 2.49. The summed E-state index contributed by atoms with van der Waals surface area (Å²) >= 11 is 0. The molecule has 0 aliphatic heterocycles. The van der Waals surface area contributed by atoms with Crippen LogP contribution in [0.25, 0.3) is 0 Å². The van der Waals surface area contributed by atoms with Crippen LogP contribution in [0.15, 0.2) is 40.6 Å². The van der Waals surface area contributed by atoms with Crippen molar-refractivity contribution >= 4 is 29.1 Å². The van der Waals surface area contributed by atoms with Crippen molar-refractivity contribution in [2.24, 2.45) is 10.2 Å². The summed E-state index contributed by atoms with van der Waals surface area (Å²) in [5.41, 5.74) is 6.18. The van der Waals surface area contributed by atoms with Crippen LogP contribution in [0.1, 0.15) is 58.3 Å². The zero-order chi connectivity index (χ0) is 22.5. The number of rotatable bonds is 12. The Labute approximate surface area is 182 Å². The van der Waals surface area contributed by atoms with E-state index in [0.717, 1.165) is 19.3 Å². The molecule has 5 N–H and O–H groups in total. The lowest BCUT2D eigenvalue weighted by molar-refractivity contribution is 0.159. The number of nitrogens with one attached hydrogen (secondary N) is 1. The summed E-state index contributed by atoms with van der Waals surface area (Å²) in [4.78, 5) is 15.9. The Hall–Kier alpha value is -3.36. The van der Waals surface area contributed by atoms with Gasteiger partial charge in [0, 0.05) is 6.07 Å². The van der Waals surface area contributed by atoms with Crippen molar-refractivity contribution in [1.29, 1.82) is 0 Å². The van der Waals surface area contributed by atoms with E-state index in [1.807, 2.05) is 0 Å². The number of amides is 1. The lowest BCUT2D eigenvalue weighted by Gasteiger charge is -2.09. The highest BCUT2D eigenvalue weighted by Crippen LogP contribution is 2.33. The number of nitrogens with zero attached hydrogens (tertiary/aromatic N) is 3. The molecule has 0 atom stereocenters. The van der Waals surface area contributed by atoms with Crippen LogP contribution in [-0.2, 0) is 4.74 Å². The van der Waals surface area contributed by atoms with Crippen molar-refractivity contribution in [3.63, 3.8) is 0 Å². The molecule has 1 amide bonds. The van der Waals surface area contributed by atoms with Crippen molar-refractivity contribution in [3.05, 3.63) is 30.3 Å². The molecule has 1 aromatic carbocycles. The lowest BCUT2D eigenvalue weighted by atomic mass is 10.1. The average molecular weight is 430 g/mol. The van der Waals surface area contributed by atoms with Gasteiger partial charge < -0.3 is 20.7 Å². The first-order chi connectivity index (χ1) is 15.0. The number of hydrogen-bond donors (Lipinski definition) is 4. The minimum atomic E-state index is -0.714. The molecule has 0 bridgehead atoms. The number of unbranched alkanes of at least 4 members (excludes halogenated alkanes) is 7. The lowest BCUT2D eigenvalue weighted by Crippen LogP contribution is -2.15. The number of azo groups is 1. The number of hydrogen-bond acceptors (Lipinski definition) is 8. The van der Waals surface area contributed by atoms with Gasteiger partial charge in [-0.2, -0.15) is 0 Å². The number of carbonyl (C=O) groups excluding carboxylic acids is 1. The SMILES string of the molecule is CCCCCCCCCCOC(=O)Nc1nc(N)c(/N=N/c2ccccc2O)cc1O. The largest absolute Gasteiger partial charge is 0.506 e. The summed E-state index contributed by atoms with van der Waals surface area (Å²) in [6.07, 6.45) is 8.48. The molecule has 0 radical (unpaired) electrons. The molecule has 1 heterocycles. The maximum atomic E-state index is 11.9. The topological polar surface area (TPSA) is 142 Å². The Kier molecular flexibility index (Phi) is 10.1. The van der Waals surface area contributed by atoms with E-state index in [-0.39, 0.29) is 34.5 Å². The molecule has 168 valence electrons. The third kappa shape index (κ3) is 8.49. The van der Waals surface area contributed by atoms with Crippen molar-refractivity contribution in [2.75, 3.05) is 17.7 Å². The van der Waals surface area contributed by atoms with Gasteiger partial charge in [-0.1, -0.05) is 64.0 Å². The summed E-state index contributed by atoms with van der Waals surface area (Å²) in [5.74, 6) is -0.542. The molecule has 1 aromatic heterocycles. The number of phenols is 1. The molecule has 9 nitrogen and oxygen atoms in total. The fourth-order valence-electron chi connectivity index (χ4n) is 2.87. The number of nitrogen functional groups attached to an aromatic ring is 1. The van der Waals surface area contributed by atoms with E-state index in [9.17, 15) is 15.0 Å². The number of para-hydroxylation sites is 1. The van der Waals surface area contributed by atoms with Gasteiger partial charge in [0.05, 0.1) is 6.61 Å². The summed E-state index contributed by atoms with van der Waals surface area (Å²) < 4.78 is 5.12. The van der Waals surface area contributed by atoms with Crippen LogP contribution in [0.2, 0.25) is 0 Å². The molecule has 0 spiro atoms. The van der Waals surface area contributed by atoms with Crippen LogP contribution in [0.3, 0.4) is 0 Å². The van der Waals surface area contributed by atoms with Gasteiger partial charge in [0.25, 0.3) is 0 Å². The molecular weight excluding hydrogens is 398 g/mol. The predicted octanol–water partition coefficient (Wildman–Crippen LogP) is 6.18. The second-order valence-corrected chi connectivity index (χ2v) is 7.18. The maximum Gasteiger partial charge on any atom is 0.412 e. The number of aromatic nitrogens is 1. The van der Waals surface area contributed by atoms with Gasteiger partial charge in [0.15, 0.2) is 17.4 Å². The van der Waals surface area contributed by atoms with Crippen LogP contribution in [0.4, 0.5) is 27.8 Å². The number of benzene rings is 1. The van der Waals surface area contributed by atoms with Crippen molar-refractivity contribution in [1.82, 2.24) is 4.98 Å². The minimum Gasteiger partial charge on any atom is -0.506 e. The van der Waals surface area contributed by atoms with Crippen LogP contribution in [0.5, 0.6) is 11.5 Å². The number of carbonyl (C=O) groups is 1. The Balaban J connectivity index is 1.78. The molecule has 9 heteroatoms. The van der Waals surface area contributed by atoms with Gasteiger partial charge in [-0.15, -0.1) is 10.2 Å². The van der Waals surface area contributed by atoms with E-state index < -0.39 is 6.09 Å². The number of aromatic hydroxyl groups is 2. The highest BCUT2D eigenvalue weighted by Gasteiger charge is 2.13. The van der Waals surface area contributed by atoms with Crippen LogP contribution >= 0.6 is 0 Å². The molecule has 2 aromatic rings. The highest BCUT2D eigenvalue weighted by molar-refractivity contribution is 5.86. The normalized spacial score (nSPS) is 11.0. The van der Waals surface area contributed by atoms with Gasteiger partial charge in [-0.3, -0.25) is 5.32 Å². The third-order valence-electron chi connectivity index (χ3n) is 4.61. The summed E-state index contributed by atoms with van der Waals surface area (Å²) in [7, 11) is 0. The average Bonchev–Trinajstić information content (AvgIpc) is 2.75. The monoisotopic (exact) mass is 429 g/mol. The van der Waals surface area contributed by atoms with E-state index in [1.54, 1.807) is 18.2 Å². The van der Waals surface area contributed by atoms with E-state index in [2.05, 4.69) is 27.5 Å². The minimum absolute atomic E-state index is 0.0421. The maximum absolute atomic E-state index is 11.9. The number of pyridine rings is 1. The Morgan fingerprint density at radius 3 is 2.35 bits per heavy atom. The molecule has 0 fully saturated rings. The highest BCUT2D eigenvalue weighted by atomic mass is 16.5. The number of anilines is 2. The smallest absolute Gasteiger partial charge is 0.412 e. The molecule has 0 saturated carbocycles. The van der Waals surface area contributed by atoms with E-state index >= 15 is 0 Å². The first-order valence-electron chi connectivity index (χ1n) is 10.6. The van der Waals surface area contributed by atoms with Gasteiger partial charge in [-0.05, 0) is 18.6 Å². The van der Waals surface area contributed by atoms with Crippen molar-refractivity contribution in [2.45, 2.75) is 58.3 Å². The zero-order valence-electron chi connectivity index (χ0n) is 17.9. The molecule has 0 aliphatic carbocycles. The standard InChI is InChI=1S/C22H31N5O4/c1-2-3-4-5-6-7-8-11-14-31-22(30)25-21-19(29)15-17(20(23)24-21)27-26-16-12-9-10-13-18(16)28/h9-10,12-13,15,28-29H,2-8,11,14H2,1H3,(H3,23,24,25,30)/b27-26+. The van der Waals surface area contributed by atoms with E-state index in [1.165, 1.54) is 44.2 Å². The first-order valence-corrected chi connectivity index (χ1v) is 10.6. The Morgan fingerprint density at radius 2 is 1.65 bits per heavy atom. The van der Waals surface area contributed by atoms with Crippen LogP contribution in [0, 0.1) is 0 Å². The van der Waals surface area contributed by atoms with Crippen LogP contribution in [-0.4, -0.2) is 27.9 Å². The molecule has 0 saturated heterocycles. The second kappa shape index (κ2) is 13.0.